The van der Waals surface area contributed by atoms with Crippen LogP contribution in [0.3, 0.4) is 0 Å². The van der Waals surface area contributed by atoms with Gasteiger partial charge in [0.25, 0.3) is 0 Å². The van der Waals surface area contributed by atoms with Crippen molar-refractivity contribution in [3.8, 4) is 11.1 Å². The summed E-state index contributed by atoms with van der Waals surface area (Å²) in [6, 6.07) is 21.2. The summed E-state index contributed by atoms with van der Waals surface area (Å²) in [5.74, 6) is 0. The second-order valence-corrected chi connectivity index (χ2v) is 5.51. The Hall–Kier alpha value is -2.28. The molecule has 0 amide bonds. The third kappa shape index (κ3) is 2.64. The van der Waals surface area contributed by atoms with E-state index in [1.165, 1.54) is 29.4 Å². The predicted octanol–water partition coefficient (Wildman–Crippen LogP) is 5.43. The Morgan fingerprint density at radius 2 is 1.57 bits per heavy atom. The first kappa shape index (κ1) is 13.7. The highest BCUT2D eigenvalue weighted by Crippen LogP contribution is 2.34. The van der Waals surface area contributed by atoms with Crippen molar-refractivity contribution in [2.75, 3.05) is 5.73 Å². The van der Waals surface area contributed by atoms with E-state index in [9.17, 15) is 0 Å². The molecule has 0 bridgehead atoms. The number of benzene rings is 3. The van der Waals surface area contributed by atoms with Crippen molar-refractivity contribution in [2.24, 2.45) is 0 Å². The van der Waals surface area contributed by atoms with Gasteiger partial charge in [-0.1, -0.05) is 74.0 Å². The Morgan fingerprint density at radius 3 is 2.43 bits per heavy atom. The van der Waals surface area contributed by atoms with E-state index < -0.39 is 0 Å². The van der Waals surface area contributed by atoms with Crippen LogP contribution < -0.4 is 5.73 Å². The average Bonchev–Trinajstić information content (AvgIpc) is 2.54. The maximum Gasteiger partial charge on any atom is 0.0473 e. The Labute approximate surface area is 126 Å². The summed E-state index contributed by atoms with van der Waals surface area (Å²) >= 11 is 0. The zero-order valence-electron chi connectivity index (χ0n) is 12.5. The molecular formula is C20H21N. The minimum absolute atomic E-state index is 0.886. The van der Waals surface area contributed by atoms with Crippen molar-refractivity contribution in [1.82, 2.24) is 0 Å². The van der Waals surface area contributed by atoms with Crippen LogP contribution in [0.5, 0.6) is 0 Å². The van der Waals surface area contributed by atoms with Crippen LogP contribution in [0, 0.1) is 0 Å². The second kappa shape index (κ2) is 6.01. The van der Waals surface area contributed by atoms with E-state index in [-0.39, 0.29) is 0 Å². The van der Waals surface area contributed by atoms with E-state index in [2.05, 4.69) is 61.5 Å². The van der Waals surface area contributed by atoms with E-state index >= 15 is 0 Å². The summed E-state index contributed by atoms with van der Waals surface area (Å²) < 4.78 is 0. The van der Waals surface area contributed by atoms with Crippen LogP contribution in [-0.2, 0) is 6.42 Å². The molecule has 0 spiro atoms. The van der Waals surface area contributed by atoms with Crippen molar-refractivity contribution in [3.63, 3.8) is 0 Å². The molecule has 0 aliphatic heterocycles. The van der Waals surface area contributed by atoms with Crippen molar-refractivity contribution >= 4 is 16.5 Å². The number of fused-ring (bicyclic) bond motifs is 1. The number of nitrogens with two attached hydrogens (primary N) is 1. The SMILES string of the molecule is CCCCc1ccccc1-c1ccc2ccccc2c1N. The van der Waals surface area contributed by atoms with Gasteiger partial charge in [-0.2, -0.15) is 0 Å². The number of anilines is 1. The Morgan fingerprint density at radius 1 is 0.810 bits per heavy atom. The molecule has 0 heterocycles. The highest BCUT2D eigenvalue weighted by molar-refractivity contribution is 6.00. The molecule has 2 N–H and O–H groups in total. The maximum absolute atomic E-state index is 6.45. The molecule has 21 heavy (non-hydrogen) atoms. The summed E-state index contributed by atoms with van der Waals surface area (Å²) in [6.45, 7) is 2.23. The van der Waals surface area contributed by atoms with Crippen molar-refractivity contribution in [2.45, 2.75) is 26.2 Å². The fourth-order valence-corrected chi connectivity index (χ4v) is 2.90. The quantitative estimate of drug-likeness (QED) is 0.631. The van der Waals surface area contributed by atoms with Gasteiger partial charge in [0, 0.05) is 16.6 Å². The fourth-order valence-electron chi connectivity index (χ4n) is 2.90. The lowest BCUT2D eigenvalue weighted by atomic mass is 9.93. The molecule has 0 saturated heterocycles. The number of nitrogen functional groups attached to an aromatic ring is 1. The molecule has 0 fully saturated rings. The van der Waals surface area contributed by atoms with Gasteiger partial charge in [-0.05, 0) is 29.4 Å². The fraction of sp³-hybridized carbons (Fsp3) is 0.200. The summed E-state index contributed by atoms with van der Waals surface area (Å²) in [7, 11) is 0. The van der Waals surface area contributed by atoms with Crippen LogP contribution in [0.25, 0.3) is 21.9 Å². The van der Waals surface area contributed by atoms with Gasteiger partial charge in [-0.3, -0.25) is 0 Å². The highest BCUT2D eigenvalue weighted by Gasteiger charge is 2.09. The maximum atomic E-state index is 6.45. The number of hydrogen-bond donors (Lipinski definition) is 1. The molecule has 1 heteroatoms. The minimum Gasteiger partial charge on any atom is -0.398 e. The number of aryl methyl sites for hydroxylation is 1. The summed E-state index contributed by atoms with van der Waals surface area (Å²) in [6.07, 6.45) is 3.53. The molecule has 0 aliphatic carbocycles. The van der Waals surface area contributed by atoms with Gasteiger partial charge in [0.1, 0.15) is 0 Å². The first-order valence-electron chi connectivity index (χ1n) is 7.66. The van der Waals surface area contributed by atoms with Gasteiger partial charge in [0.15, 0.2) is 0 Å². The summed E-state index contributed by atoms with van der Waals surface area (Å²) in [4.78, 5) is 0. The lowest BCUT2D eigenvalue weighted by Gasteiger charge is -2.13. The minimum atomic E-state index is 0.886. The predicted molar refractivity (Wildman–Crippen MR) is 92.4 cm³/mol. The smallest absolute Gasteiger partial charge is 0.0473 e. The first-order valence-corrected chi connectivity index (χ1v) is 7.66. The molecule has 0 aromatic heterocycles. The molecule has 106 valence electrons. The molecule has 0 atom stereocenters. The zero-order valence-corrected chi connectivity index (χ0v) is 12.5. The van der Waals surface area contributed by atoms with Crippen LogP contribution >= 0.6 is 0 Å². The molecule has 1 nitrogen and oxygen atoms in total. The standard InChI is InChI=1S/C20H21N/c1-2-3-8-15-9-4-6-11-17(15)19-14-13-16-10-5-7-12-18(16)20(19)21/h4-7,9-14H,2-3,8,21H2,1H3. The number of rotatable bonds is 4. The van der Waals surface area contributed by atoms with Crippen LogP contribution in [-0.4, -0.2) is 0 Å². The van der Waals surface area contributed by atoms with E-state index in [4.69, 9.17) is 5.73 Å². The van der Waals surface area contributed by atoms with Crippen LogP contribution in [0.15, 0.2) is 60.7 Å². The van der Waals surface area contributed by atoms with E-state index in [1.807, 2.05) is 6.07 Å². The third-order valence-electron chi connectivity index (χ3n) is 4.08. The normalized spacial score (nSPS) is 10.9. The first-order chi connectivity index (χ1) is 10.3. The average molecular weight is 275 g/mol. The van der Waals surface area contributed by atoms with E-state index in [0.29, 0.717) is 0 Å². The molecular weight excluding hydrogens is 254 g/mol. The molecule has 0 aliphatic rings. The molecule has 0 unspecified atom stereocenters. The van der Waals surface area contributed by atoms with Gasteiger partial charge >= 0.3 is 0 Å². The zero-order chi connectivity index (χ0) is 14.7. The van der Waals surface area contributed by atoms with Crippen LogP contribution in [0.4, 0.5) is 5.69 Å². The van der Waals surface area contributed by atoms with Gasteiger partial charge in [0.2, 0.25) is 0 Å². The molecule has 0 radical (unpaired) electrons. The van der Waals surface area contributed by atoms with Gasteiger partial charge in [-0.25, -0.2) is 0 Å². The monoisotopic (exact) mass is 275 g/mol. The summed E-state index contributed by atoms with van der Waals surface area (Å²) in [5, 5.41) is 2.34. The Bertz CT molecular complexity index is 759. The molecule has 3 rings (SSSR count). The van der Waals surface area contributed by atoms with Gasteiger partial charge in [-0.15, -0.1) is 0 Å². The Kier molecular flexibility index (Phi) is 3.92. The number of unbranched alkanes of at least 4 members (excludes halogenated alkanes) is 1. The molecule has 3 aromatic rings. The van der Waals surface area contributed by atoms with Crippen LogP contribution in [0.1, 0.15) is 25.3 Å². The van der Waals surface area contributed by atoms with E-state index in [0.717, 1.165) is 23.1 Å². The largest absolute Gasteiger partial charge is 0.398 e. The van der Waals surface area contributed by atoms with E-state index in [1.54, 1.807) is 0 Å². The third-order valence-corrected chi connectivity index (χ3v) is 4.08. The van der Waals surface area contributed by atoms with Crippen molar-refractivity contribution in [3.05, 3.63) is 66.2 Å². The lowest BCUT2D eigenvalue weighted by Crippen LogP contribution is -1.95. The van der Waals surface area contributed by atoms with Crippen molar-refractivity contribution < 1.29 is 0 Å². The lowest BCUT2D eigenvalue weighted by molar-refractivity contribution is 0.796. The summed E-state index contributed by atoms with van der Waals surface area (Å²) in [5.41, 5.74) is 11.2. The van der Waals surface area contributed by atoms with Crippen molar-refractivity contribution in [1.29, 1.82) is 0 Å². The Balaban J connectivity index is 2.14. The molecule has 0 saturated carbocycles. The topological polar surface area (TPSA) is 26.0 Å². The van der Waals surface area contributed by atoms with Gasteiger partial charge in [0.05, 0.1) is 0 Å². The van der Waals surface area contributed by atoms with Crippen LogP contribution in [0.2, 0.25) is 0 Å². The second-order valence-electron chi connectivity index (χ2n) is 5.51. The van der Waals surface area contributed by atoms with Gasteiger partial charge < -0.3 is 5.73 Å². The highest BCUT2D eigenvalue weighted by atomic mass is 14.6. The molecule has 3 aromatic carbocycles. The number of hydrogen-bond acceptors (Lipinski definition) is 1.